The molecule has 792 valence electrons. The number of Topliss-reactive ketones (excluding diaryl/α,β-unsaturated/α-hetero) is 9. The van der Waals surface area contributed by atoms with Gasteiger partial charge in [0.1, 0.15) is 0 Å². The van der Waals surface area contributed by atoms with E-state index < -0.39 is 436 Å². The van der Waals surface area contributed by atoms with Crippen molar-refractivity contribution in [1.82, 2.24) is 47.9 Å². The van der Waals surface area contributed by atoms with Crippen LogP contribution in [0.4, 0.5) is 0 Å². The van der Waals surface area contributed by atoms with Crippen LogP contribution in [0.5, 0.6) is 0 Å². The summed E-state index contributed by atoms with van der Waals surface area (Å²) in [7, 11) is 0. The van der Waals surface area contributed by atoms with Gasteiger partial charge >= 0.3 is 0 Å². The van der Waals surface area contributed by atoms with Crippen LogP contribution in [0.15, 0.2) is 218 Å². The predicted octanol–water partition coefficient (Wildman–Crippen LogP) is 29.7. The van der Waals surface area contributed by atoms with Crippen molar-refractivity contribution in [3.05, 3.63) is 313 Å². The van der Waals surface area contributed by atoms with Crippen LogP contribution < -0.4 is 47.9 Å². The van der Waals surface area contributed by atoms with E-state index in [9.17, 15) is 43.2 Å². The number of carbonyl (C=O) groups excluding carboxylic acids is 9. The summed E-state index contributed by atoms with van der Waals surface area (Å²) in [6, 6.07) is -13.4. The molecule has 9 rings (SSSR count). The molecule has 0 saturated heterocycles. The topological polar surface area (TPSA) is 262 Å². The van der Waals surface area contributed by atoms with Crippen molar-refractivity contribution in [2.75, 3.05) is 0 Å². The molecule has 0 aliphatic heterocycles. The Bertz CT molecular complexity index is 9530. The molecule has 9 N–H and O–H groups in total. The molecule has 0 bridgehead atoms. The molecular formula is C117H162Cl9N9O9. The molecule has 18 nitrogen and oxygen atoms in total. The number of hydrogen-bond donors (Lipinski definition) is 9. The van der Waals surface area contributed by atoms with Gasteiger partial charge in [0.25, 0.3) is 0 Å². The maximum atomic E-state index is 13.2. The molecule has 0 saturated carbocycles. The molecular weight excluding hydrogens is 1990 g/mol. The van der Waals surface area contributed by atoms with E-state index in [4.69, 9.17) is 236 Å². The van der Waals surface area contributed by atoms with Gasteiger partial charge in [-0.25, -0.2) is 0 Å². The van der Waals surface area contributed by atoms with Crippen LogP contribution in [-0.2, 0) is 0 Å². The second-order valence-electron chi connectivity index (χ2n) is 31.7. The first-order chi connectivity index (χ1) is 105. The van der Waals surface area contributed by atoms with Crippen LogP contribution in [0.3, 0.4) is 0 Å². The second-order valence-corrected chi connectivity index (χ2v) is 35.4. The first kappa shape index (κ1) is 46.2. The molecule has 0 spiro atoms. The van der Waals surface area contributed by atoms with Crippen molar-refractivity contribution < 1.29 is 175 Å². The smallest absolute Gasteiger partial charge is 0.179 e. The average Bonchev–Trinajstić information content (AvgIpc) is 0.718. The number of hydrogen-bond acceptors (Lipinski definition) is 18. The maximum absolute atomic E-state index is 13.2. The van der Waals surface area contributed by atoms with Crippen LogP contribution in [0, 0.1) is 0 Å². The maximum Gasteiger partial charge on any atom is 0.179 e. The number of ketones is 9. The van der Waals surface area contributed by atoms with Crippen LogP contribution in [0.2, 0.25) is 45.2 Å². The van der Waals surface area contributed by atoms with Crippen LogP contribution >= 0.6 is 104 Å². The minimum Gasteiger partial charge on any atom is -0.303 e. The Hall–Kier alpha value is -7.74. The summed E-state index contributed by atoms with van der Waals surface area (Å²) in [6.07, 6.45) is 0. The summed E-state index contributed by atoms with van der Waals surface area (Å²) in [4.78, 5) is 115. The molecule has 0 unspecified atom stereocenters. The third-order valence-electron chi connectivity index (χ3n) is 14.6. The van der Waals surface area contributed by atoms with Crippen LogP contribution in [0.25, 0.3) is 0 Å². The van der Waals surface area contributed by atoms with Crippen molar-refractivity contribution in [3.8, 4) is 0 Å². The molecule has 9 aromatic rings. The Morgan fingerprint density at radius 1 is 0.215 bits per heavy atom. The number of nitrogens with one attached hydrogen (secondary N) is 9. The van der Waals surface area contributed by atoms with E-state index in [2.05, 4.69) is 16.0 Å². The monoisotopic (exact) mass is 2250 g/mol. The molecule has 144 heavy (non-hydrogen) atoms. The minimum atomic E-state index is -4.12. The average molecular weight is 2250 g/mol. The fourth-order valence-corrected chi connectivity index (χ4v) is 10.9. The molecule has 0 radical (unpaired) electrons. The van der Waals surface area contributed by atoms with E-state index in [1.807, 2.05) is 31.4 Å². The first-order valence-corrected chi connectivity index (χ1v) is 43.1. The number of carbonyl (C=O) groups is 9. The summed E-state index contributed by atoms with van der Waals surface area (Å²) in [5.74, 6) is -12.5. The van der Waals surface area contributed by atoms with Gasteiger partial charge in [0.2, 0.25) is 0 Å². The summed E-state index contributed by atoms with van der Waals surface area (Å²) in [5.41, 5.74) is -29.1. The van der Waals surface area contributed by atoms with E-state index in [1.54, 1.807) is 26.1 Å². The quantitative estimate of drug-likeness (QED) is 0.0217. The molecule has 27 heteroatoms. The number of benzene rings is 9. The van der Waals surface area contributed by atoms with Crippen LogP contribution in [-0.4, -0.2) is 156 Å². The highest BCUT2D eigenvalue weighted by atomic mass is 35.5. The molecule has 9 aromatic carbocycles. The van der Waals surface area contributed by atoms with Gasteiger partial charge in [-0.3, -0.25) is 43.2 Å². The van der Waals surface area contributed by atoms with Gasteiger partial charge in [0.05, 0.1) is 87.1 Å². The zero-order valence-electron chi connectivity index (χ0n) is 174. The zero-order valence-corrected chi connectivity index (χ0v) is 84.5. The lowest BCUT2D eigenvalue weighted by atomic mass is 10.0. The van der Waals surface area contributed by atoms with Gasteiger partial charge in [-0.2, -0.15) is 0 Å². The van der Waals surface area contributed by atoms with Gasteiger partial charge in [-0.05, 0) is 357 Å². The SMILES string of the molecule is [2H]C([2H])([2H])C(C)(C)N[C@@]([2H])(C(=O)c1cccc(Cl)c1)C([2H])([2H])[2H].[2H]C([2H])([2H])C(C)(N[C@@]([2H])(C(=O)c1cccc(Cl)c1)C([2H])([2H])[2H])C([2H])([2H])[2H].[2H]C([2H])([2H])C(C)(N[C@]([2H])(C(=O)c1cccc(Cl)c1)C([2H])([2H])[2H])C([2H])([2H])[2H].[2H]C([2H])([2H])C(N[C@@]([2H])(C(=O)c1cccc(Cl)c1)C([2H])([2H])[2H])(C([2H])([2H])[2H])C([2H])([2H])[2H].[2H]C([2H])([2H])C(N[C@]([2H])(C(=O)c1cccc(Cl)c1)C([2H])([2H])[2H])(C([2H])([2H])[2H])C([2H])([2H])[2H].[2H]c1c([2H])c(Cl)c([2H])c(C(=O)[C@@]([2H])(C)NC(C([2H])([2H])[2H])(C([2H])([2H])[2H])C([2H])([2H])[2H])c1[2H].[2H]c1c([2H])c(Cl)c([2H])c(C(=O)[C@@]([2H])(NC(C([2H])([2H])[2H])(C([2H])([2H])[2H])C([2H])([2H])[2H])C([2H])([2H])[2H])c1[2H].[2H]c1c([2H])c(Cl)c([2H])c(C(=O)[C@@]([2H])(NC(C)(C)C)C([2H])([2H])[2H])c1[2H].[2H]c1cc(C(=O)[C@@]([2H])(C)NC(C)(C)C)c([2H])c(Cl)c1[2H]. The van der Waals surface area contributed by atoms with Crippen molar-refractivity contribution in [1.29, 1.82) is 0 Å². The zero-order chi connectivity index (χ0) is 192. The molecule has 9 atom stereocenters. The Morgan fingerprint density at radius 3 is 0.604 bits per heavy atom. The Balaban J connectivity index is 0.00000135. The third kappa shape index (κ3) is 60.0. The Kier molecular flexibility index (Phi) is 19.7. The van der Waals surface area contributed by atoms with Gasteiger partial charge < -0.3 is 47.9 Å². The van der Waals surface area contributed by atoms with Crippen molar-refractivity contribution in [2.24, 2.45) is 0 Å². The largest absolute Gasteiger partial charge is 0.303 e. The summed E-state index contributed by atoms with van der Waals surface area (Å²) >= 11 is 51.8. The van der Waals surface area contributed by atoms with E-state index in [-0.39, 0.29) is 70.5 Å². The normalized spacial score (nSPS) is 27.4. The minimum absolute atomic E-state index is 0.0162. The van der Waals surface area contributed by atoms with Gasteiger partial charge in [-0.15, -0.1) is 0 Å². The lowest BCUT2D eigenvalue weighted by molar-refractivity contribution is 0.0929. The summed E-state index contributed by atoms with van der Waals surface area (Å²) in [6.45, 7) is -70.0. The Labute approximate surface area is 1040 Å². The standard InChI is InChI=1S/9C13H18ClNO/c9*1-9(15-13(2,3)4)12(16)10-6-5-7-11(14)8-10/h9*5-9,15H,1-4H3/t9*9-/m111110000/s1/i2D3,3D3,4D3,5D,6D,7D,8D,9D;1D3,2D3,3D3,4D3,9D;5D,7D,8D,9D;1D3,2D3,3D3,9D;1D3,2D3,9D;1D3,2D3,3D3,4D3,5D,6D,7D,8D,9D;1D3,5D,6D,7D,8D,9D;1D3,2D3,3D3,4D3,9D;1D3,2D3,3D3,9D. The van der Waals surface area contributed by atoms with E-state index in [1.165, 1.54) is 122 Å². The summed E-state index contributed by atoms with van der Waals surface area (Å²) < 4.78 is 734. The van der Waals surface area contributed by atoms with Crippen molar-refractivity contribution >= 4 is 156 Å². The van der Waals surface area contributed by atoms with Gasteiger partial charge in [0, 0.05) is 244 Å². The van der Waals surface area contributed by atoms with Gasteiger partial charge in [0.15, 0.2) is 52.0 Å². The van der Waals surface area contributed by atoms with Crippen molar-refractivity contribution in [2.45, 2.75) is 352 Å². The van der Waals surface area contributed by atoms with Gasteiger partial charge in [-0.1, -0.05) is 213 Å². The molecule has 0 aliphatic rings. The molecule has 0 aromatic heterocycles. The predicted molar refractivity (Wildman–Crippen MR) is 613 cm³/mol. The van der Waals surface area contributed by atoms with E-state index >= 15 is 0 Å². The second kappa shape index (κ2) is 61.4. The highest BCUT2D eigenvalue weighted by Gasteiger charge is 2.30. The number of halogens is 9. The number of rotatable bonds is 27. The highest BCUT2D eigenvalue weighted by Crippen LogP contribution is 2.24. The Morgan fingerprint density at radius 2 is 0.389 bits per heavy atom. The highest BCUT2D eigenvalue weighted by molar-refractivity contribution is 6.34. The first-order valence-electron chi connectivity index (χ1n) is 87.7. The molecule has 0 fully saturated rings. The molecule has 0 heterocycles. The molecule has 0 aliphatic carbocycles. The van der Waals surface area contributed by atoms with Crippen molar-refractivity contribution in [3.63, 3.8) is 0 Å². The lowest BCUT2D eigenvalue weighted by Crippen LogP contribution is -2.46. The van der Waals surface area contributed by atoms with Crippen LogP contribution in [0.1, 0.15) is 472 Å². The molecule has 0 amide bonds. The fraction of sp³-hybridized carbons (Fsp3) is 0.462. The fourth-order valence-electron chi connectivity index (χ4n) is 9.40. The third-order valence-corrected chi connectivity index (χ3v) is 16.6. The lowest BCUT2D eigenvalue weighted by Gasteiger charge is -2.25. The summed E-state index contributed by atoms with van der Waals surface area (Å²) in [5, 5.41) is 15.0. The van der Waals surface area contributed by atoms with E-state index in [0.717, 1.165) is 56.3 Å². The van der Waals surface area contributed by atoms with E-state index in [0.29, 0.717) is 6.92 Å².